The normalized spacial score (nSPS) is 13.9. The van der Waals surface area contributed by atoms with Crippen molar-refractivity contribution in [3.8, 4) is 67.5 Å². The predicted octanol–water partition coefficient (Wildman–Crippen LogP) is 11.7. The third kappa shape index (κ3) is 5.08. The molecular weight excluding hydrogens is 731 g/mol. The van der Waals surface area contributed by atoms with Crippen LogP contribution in [0.4, 0.5) is 0 Å². The predicted molar refractivity (Wildman–Crippen MR) is 230 cm³/mol. The summed E-state index contributed by atoms with van der Waals surface area (Å²) in [6.45, 7) is 0. The summed E-state index contributed by atoms with van der Waals surface area (Å²) in [6, 6.07) is 66.9. The molecule has 8 aromatic carbocycles. The molecular formula is C52H33N3O2S. The summed E-state index contributed by atoms with van der Waals surface area (Å²) in [7, 11) is -3.85. The van der Waals surface area contributed by atoms with Crippen molar-refractivity contribution >= 4 is 9.84 Å². The Hall–Kier alpha value is -7.28. The van der Waals surface area contributed by atoms with Crippen molar-refractivity contribution in [3.63, 3.8) is 0 Å². The van der Waals surface area contributed by atoms with E-state index in [4.69, 9.17) is 15.0 Å². The van der Waals surface area contributed by atoms with Crippen molar-refractivity contribution in [2.45, 2.75) is 15.2 Å². The molecule has 0 radical (unpaired) electrons. The van der Waals surface area contributed by atoms with Crippen molar-refractivity contribution in [3.05, 3.63) is 222 Å². The van der Waals surface area contributed by atoms with Crippen molar-refractivity contribution in [1.29, 1.82) is 0 Å². The maximum atomic E-state index is 14.6. The van der Waals surface area contributed by atoms with Crippen LogP contribution in [0.2, 0.25) is 0 Å². The summed E-state index contributed by atoms with van der Waals surface area (Å²) in [4.78, 5) is 16.0. The highest BCUT2D eigenvalue weighted by atomic mass is 32.2. The van der Waals surface area contributed by atoms with E-state index in [0.717, 1.165) is 61.2 Å². The molecule has 5 nitrogen and oxygen atoms in total. The second-order valence-corrected chi connectivity index (χ2v) is 16.6. The standard InChI is InChI=1S/C52H33N3O2S/c56-58(57)47-25-13-11-23-44(47)52(45-24-12-14-26-48(45)58)43-22-10-9-21-41(43)39-19-7-8-20-40(39)42-32-31-38(33-46(42)52)51-54-49(36-17-5-2-6-18-36)53-50(55-51)37-29-27-35(28-30-37)34-15-3-1-4-16-34/h1-33H. The van der Waals surface area contributed by atoms with Gasteiger partial charge >= 0.3 is 0 Å². The fourth-order valence-corrected chi connectivity index (χ4v) is 10.8. The number of benzene rings is 8. The first-order valence-corrected chi connectivity index (χ1v) is 20.8. The molecule has 0 saturated heterocycles. The van der Waals surface area contributed by atoms with E-state index in [0.29, 0.717) is 38.4 Å². The quantitative estimate of drug-likeness (QED) is 0.178. The molecule has 1 spiro atoms. The lowest BCUT2D eigenvalue weighted by Gasteiger charge is -2.42. The summed E-state index contributed by atoms with van der Waals surface area (Å²) in [5.74, 6) is 1.64. The molecule has 1 aliphatic heterocycles. The lowest BCUT2D eigenvalue weighted by atomic mass is 9.63. The third-order valence-electron chi connectivity index (χ3n) is 11.6. The third-order valence-corrected chi connectivity index (χ3v) is 13.5. The minimum absolute atomic E-state index is 0.304. The molecule has 0 atom stereocenters. The Balaban J connectivity index is 1.21. The van der Waals surface area contributed by atoms with Crippen LogP contribution in [0.3, 0.4) is 0 Å². The van der Waals surface area contributed by atoms with Gasteiger partial charge in [-0.2, -0.15) is 0 Å². The maximum absolute atomic E-state index is 14.6. The van der Waals surface area contributed by atoms with E-state index in [1.165, 1.54) is 0 Å². The van der Waals surface area contributed by atoms with Gasteiger partial charge in [0.05, 0.1) is 15.2 Å². The zero-order valence-electron chi connectivity index (χ0n) is 31.1. The fourth-order valence-electron chi connectivity index (χ4n) is 9.03. The molecule has 11 rings (SSSR count). The Morgan fingerprint density at radius 2 is 0.690 bits per heavy atom. The van der Waals surface area contributed by atoms with Gasteiger partial charge < -0.3 is 0 Å². The molecule has 0 N–H and O–H groups in total. The molecule has 1 aromatic heterocycles. The number of rotatable bonds is 4. The van der Waals surface area contributed by atoms with Crippen LogP contribution in [0.1, 0.15) is 22.3 Å². The van der Waals surface area contributed by atoms with Crippen LogP contribution >= 0.6 is 0 Å². The second-order valence-electron chi connectivity index (χ2n) is 14.7. The van der Waals surface area contributed by atoms with E-state index in [2.05, 4.69) is 103 Å². The van der Waals surface area contributed by atoms with Crippen molar-refractivity contribution in [2.75, 3.05) is 0 Å². The topological polar surface area (TPSA) is 72.8 Å². The van der Waals surface area contributed by atoms with Crippen LogP contribution in [-0.2, 0) is 15.3 Å². The maximum Gasteiger partial charge on any atom is 0.207 e. The highest BCUT2D eigenvalue weighted by Gasteiger charge is 2.51. The van der Waals surface area contributed by atoms with Crippen LogP contribution in [0, 0.1) is 0 Å². The van der Waals surface area contributed by atoms with Crippen LogP contribution in [0.5, 0.6) is 0 Å². The van der Waals surface area contributed by atoms with Crippen molar-refractivity contribution < 1.29 is 8.42 Å². The first-order chi connectivity index (χ1) is 28.5. The van der Waals surface area contributed by atoms with E-state index in [-0.39, 0.29) is 0 Å². The largest absolute Gasteiger partial charge is 0.218 e. The summed E-state index contributed by atoms with van der Waals surface area (Å²) in [5.41, 5.74) is 11.4. The average molecular weight is 764 g/mol. The van der Waals surface area contributed by atoms with Crippen molar-refractivity contribution in [2.24, 2.45) is 0 Å². The Kier molecular flexibility index (Phi) is 7.71. The zero-order chi connectivity index (χ0) is 38.8. The first kappa shape index (κ1) is 34.0. The van der Waals surface area contributed by atoms with Gasteiger partial charge in [-0.25, -0.2) is 23.4 Å². The summed E-state index contributed by atoms with van der Waals surface area (Å²) < 4.78 is 29.1. The van der Waals surface area contributed by atoms with E-state index in [1.54, 1.807) is 12.1 Å². The first-order valence-electron chi connectivity index (χ1n) is 19.3. The van der Waals surface area contributed by atoms with Gasteiger partial charge in [-0.05, 0) is 73.8 Å². The van der Waals surface area contributed by atoms with E-state index < -0.39 is 15.3 Å². The van der Waals surface area contributed by atoms with Crippen LogP contribution < -0.4 is 0 Å². The fraction of sp³-hybridized carbons (Fsp3) is 0.0192. The molecule has 2 aliphatic rings. The Bertz CT molecular complexity index is 3130. The Morgan fingerprint density at radius 3 is 1.28 bits per heavy atom. The molecule has 0 fully saturated rings. The number of hydrogen-bond acceptors (Lipinski definition) is 5. The lowest BCUT2D eigenvalue weighted by Crippen LogP contribution is -2.38. The number of aromatic nitrogens is 3. The highest BCUT2D eigenvalue weighted by Crippen LogP contribution is 2.59. The minimum atomic E-state index is -3.85. The number of nitrogens with zero attached hydrogens (tertiary/aromatic N) is 3. The number of sulfone groups is 1. The average Bonchev–Trinajstić information content (AvgIpc) is 3.40. The van der Waals surface area contributed by atoms with Crippen LogP contribution in [0.15, 0.2) is 210 Å². The monoisotopic (exact) mass is 763 g/mol. The second kappa shape index (κ2) is 13.2. The minimum Gasteiger partial charge on any atom is -0.218 e. The molecule has 0 unspecified atom stereocenters. The van der Waals surface area contributed by atoms with Crippen molar-refractivity contribution in [1.82, 2.24) is 15.0 Å². The zero-order valence-corrected chi connectivity index (χ0v) is 31.9. The van der Waals surface area contributed by atoms with Gasteiger partial charge in [0, 0.05) is 16.7 Å². The molecule has 6 heteroatoms. The molecule has 2 heterocycles. The van der Waals surface area contributed by atoms with Crippen LogP contribution in [0.25, 0.3) is 67.5 Å². The molecule has 1 aliphatic carbocycles. The molecule has 9 aromatic rings. The SMILES string of the molecule is O=S1(=O)c2ccccc2C2(c3ccccc3-c3ccccc3-c3ccc(-c4nc(-c5ccccc5)nc(-c5ccc(-c6ccccc6)cc5)n4)cc32)c2ccccc21. The van der Waals surface area contributed by atoms with Gasteiger partial charge in [-0.3, -0.25) is 0 Å². The smallest absolute Gasteiger partial charge is 0.207 e. The van der Waals surface area contributed by atoms with E-state index in [1.807, 2.05) is 84.9 Å². The highest BCUT2D eigenvalue weighted by molar-refractivity contribution is 7.91. The number of fused-ring (bicyclic) bond motifs is 11. The molecule has 274 valence electrons. The Morgan fingerprint density at radius 1 is 0.310 bits per heavy atom. The van der Waals surface area contributed by atoms with E-state index >= 15 is 0 Å². The van der Waals surface area contributed by atoms with Gasteiger partial charge in [-0.15, -0.1) is 0 Å². The summed E-state index contributed by atoms with van der Waals surface area (Å²) in [5, 5.41) is 0. The molecule has 58 heavy (non-hydrogen) atoms. The summed E-state index contributed by atoms with van der Waals surface area (Å²) >= 11 is 0. The van der Waals surface area contributed by atoms with Gasteiger partial charge in [0.25, 0.3) is 0 Å². The van der Waals surface area contributed by atoms with E-state index in [9.17, 15) is 8.42 Å². The molecule has 0 amide bonds. The van der Waals surface area contributed by atoms with Gasteiger partial charge in [-0.1, -0.05) is 182 Å². The lowest BCUT2D eigenvalue weighted by molar-refractivity contribution is 0.579. The number of hydrogen-bond donors (Lipinski definition) is 0. The van der Waals surface area contributed by atoms with Crippen LogP contribution in [-0.4, -0.2) is 23.4 Å². The summed E-state index contributed by atoms with van der Waals surface area (Å²) in [6.07, 6.45) is 0. The van der Waals surface area contributed by atoms with Gasteiger partial charge in [0.15, 0.2) is 17.5 Å². The van der Waals surface area contributed by atoms with Gasteiger partial charge in [0.1, 0.15) is 0 Å². The molecule has 0 saturated carbocycles. The van der Waals surface area contributed by atoms with Gasteiger partial charge in [0.2, 0.25) is 9.84 Å². The Labute approximate surface area is 337 Å². The molecule has 0 bridgehead atoms.